The van der Waals surface area contributed by atoms with E-state index in [1.165, 1.54) is 4.90 Å². The maximum atomic E-state index is 12.3. The number of amides is 1. The molecular formula is C15H21NO4. The Kier molecular flexibility index (Phi) is 2.85. The van der Waals surface area contributed by atoms with E-state index >= 15 is 0 Å². The van der Waals surface area contributed by atoms with E-state index in [-0.39, 0.29) is 11.8 Å². The van der Waals surface area contributed by atoms with Crippen LogP contribution >= 0.6 is 0 Å². The summed E-state index contributed by atoms with van der Waals surface area (Å²) in [5.41, 5.74) is -0.602. The van der Waals surface area contributed by atoms with Crippen molar-refractivity contribution in [3.63, 3.8) is 0 Å². The summed E-state index contributed by atoms with van der Waals surface area (Å²) in [7, 11) is 0. The van der Waals surface area contributed by atoms with Crippen molar-refractivity contribution < 1.29 is 19.4 Å². The summed E-state index contributed by atoms with van der Waals surface area (Å²) >= 11 is 0. The smallest absolute Gasteiger partial charge is 0.411 e. The van der Waals surface area contributed by atoms with Gasteiger partial charge in [0, 0.05) is 12.5 Å². The molecule has 1 N–H and O–H groups in total. The SMILES string of the molecule is CC(C)(C)OC(=O)N1C[C@@H]2C3C=CC(C3)[C@@H]2[C@H]1C(=O)O. The van der Waals surface area contributed by atoms with Crippen molar-refractivity contribution in [2.45, 2.75) is 38.8 Å². The molecule has 5 nitrogen and oxygen atoms in total. The highest BCUT2D eigenvalue weighted by atomic mass is 16.6. The van der Waals surface area contributed by atoms with Crippen molar-refractivity contribution >= 4 is 12.1 Å². The number of fused-ring (bicyclic) bond motifs is 5. The molecule has 1 saturated heterocycles. The number of rotatable bonds is 1. The van der Waals surface area contributed by atoms with Gasteiger partial charge in [-0.15, -0.1) is 0 Å². The number of ether oxygens (including phenoxy) is 1. The number of aliphatic carboxylic acids is 1. The van der Waals surface area contributed by atoms with E-state index in [1.807, 2.05) is 0 Å². The maximum absolute atomic E-state index is 12.3. The third kappa shape index (κ3) is 2.00. The first kappa shape index (κ1) is 13.5. The number of hydrogen-bond acceptors (Lipinski definition) is 3. The molecule has 0 spiro atoms. The third-order valence-corrected chi connectivity index (χ3v) is 4.68. The molecule has 1 aliphatic heterocycles. The fourth-order valence-corrected chi connectivity index (χ4v) is 4.04. The van der Waals surface area contributed by atoms with Crippen LogP contribution in [0.4, 0.5) is 4.79 Å². The predicted molar refractivity (Wildman–Crippen MR) is 72.1 cm³/mol. The number of carboxylic acids is 1. The second-order valence-electron chi connectivity index (χ2n) is 7.11. The first-order valence-electron chi connectivity index (χ1n) is 7.18. The van der Waals surface area contributed by atoms with Gasteiger partial charge in [0.1, 0.15) is 11.6 Å². The largest absolute Gasteiger partial charge is 0.480 e. The number of allylic oxidation sites excluding steroid dienone is 2. The normalized spacial score (nSPS) is 38.1. The molecule has 2 unspecified atom stereocenters. The van der Waals surface area contributed by atoms with E-state index < -0.39 is 23.7 Å². The average molecular weight is 279 g/mol. The van der Waals surface area contributed by atoms with Gasteiger partial charge < -0.3 is 9.84 Å². The molecule has 2 fully saturated rings. The molecule has 0 aromatic heterocycles. The minimum atomic E-state index is -0.913. The summed E-state index contributed by atoms with van der Waals surface area (Å²) in [5.74, 6) is 0.149. The predicted octanol–water partition coefficient (Wildman–Crippen LogP) is 2.13. The zero-order chi connectivity index (χ0) is 14.7. The molecule has 0 aromatic rings. The molecule has 0 radical (unpaired) electrons. The van der Waals surface area contributed by atoms with Gasteiger partial charge in [0.15, 0.2) is 0 Å². The number of hydrogen-bond donors (Lipinski definition) is 1. The van der Waals surface area contributed by atoms with Crippen molar-refractivity contribution in [1.29, 1.82) is 0 Å². The van der Waals surface area contributed by atoms with Gasteiger partial charge in [-0.2, -0.15) is 0 Å². The van der Waals surface area contributed by atoms with Crippen LogP contribution in [0.1, 0.15) is 27.2 Å². The molecule has 5 heteroatoms. The monoisotopic (exact) mass is 279 g/mol. The van der Waals surface area contributed by atoms with Gasteiger partial charge in [-0.05, 0) is 44.9 Å². The molecule has 1 heterocycles. The number of carboxylic acid groups (broad SMARTS) is 1. The fraction of sp³-hybridized carbons (Fsp3) is 0.733. The van der Waals surface area contributed by atoms with E-state index in [0.717, 1.165) is 6.42 Å². The molecule has 1 saturated carbocycles. The van der Waals surface area contributed by atoms with Crippen molar-refractivity contribution in [2.24, 2.45) is 23.7 Å². The molecule has 1 amide bonds. The van der Waals surface area contributed by atoms with Crippen molar-refractivity contribution in [3.8, 4) is 0 Å². The lowest BCUT2D eigenvalue weighted by molar-refractivity contribution is -0.143. The topological polar surface area (TPSA) is 66.8 Å². The highest BCUT2D eigenvalue weighted by molar-refractivity contribution is 5.81. The van der Waals surface area contributed by atoms with Gasteiger partial charge in [-0.3, -0.25) is 4.90 Å². The lowest BCUT2D eigenvalue weighted by atomic mass is 9.82. The lowest BCUT2D eigenvalue weighted by Gasteiger charge is -2.29. The minimum absolute atomic E-state index is 0.0509. The average Bonchev–Trinajstić information content (AvgIpc) is 2.97. The third-order valence-electron chi connectivity index (χ3n) is 4.68. The van der Waals surface area contributed by atoms with Crippen molar-refractivity contribution in [3.05, 3.63) is 12.2 Å². The Morgan fingerprint density at radius 3 is 2.50 bits per heavy atom. The van der Waals surface area contributed by atoms with Gasteiger partial charge in [0.25, 0.3) is 0 Å². The van der Waals surface area contributed by atoms with E-state index in [4.69, 9.17) is 4.74 Å². The van der Waals surface area contributed by atoms with Gasteiger partial charge in [-0.25, -0.2) is 9.59 Å². The maximum Gasteiger partial charge on any atom is 0.411 e. The second kappa shape index (κ2) is 4.24. The molecule has 110 valence electrons. The van der Waals surface area contributed by atoms with Crippen LogP contribution in [0, 0.1) is 23.7 Å². The summed E-state index contributed by atoms with van der Waals surface area (Å²) in [5, 5.41) is 9.53. The van der Waals surface area contributed by atoms with Crippen LogP contribution in [-0.2, 0) is 9.53 Å². The van der Waals surface area contributed by atoms with E-state index in [1.54, 1.807) is 20.8 Å². The Morgan fingerprint density at radius 2 is 1.90 bits per heavy atom. The quantitative estimate of drug-likeness (QED) is 0.747. The molecule has 3 rings (SSSR count). The standard InChI is InChI=1S/C15H21NO4/c1-15(2,3)20-14(19)16-7-10-8-4-5-9(6-8)11(10)12(16)13(17)18/h4-5,8-12H,6-7H2,1-3H3,(H,17,18)/t8?,9?,10-,11+,12+/m1/s1. The lowest BCUT2D eigenvalue weighted by Crippen LogP contribution is -2.46. The molecule has 3 aliphatic rings. The Hall–Kier alpha value is -1.52. The number of carbonyl (C=O) groups excluding carboxylic acids is 1. The van der Waals surface area contributed by atoms with Gasteiger partial charge in [-0.1, -0.05) is 12.2 Å². The molecule has 5 atom stereocenters. The Bertz CT molecular complexity index is 479. The molecular weight excluding hydrogens is 258 g/mol. The van der Waals surface area contributed by atoms with Crippen LogP contribution in [0.3, 0.4) is 0 Å². The van der Waals surface area contributed by atoms with Crippen LogP contribution in [0.25, 0.3) is 0 Å². The van der Waals surface area contributed by atoms with Crippen LogP contribution < -0.4 is 0 Å². The van der Waals surface area contributed by atoms with Crippen LogP contribution in [-0.4, -0.2) is 40.3 Å². The zero-order valence-electron chi connectivity index (χ0n) is 12.1. The summed E-state index contributed by atoms with van der Waals surface area (Å²) in [4.78, 5) is 25.3. The minimum Gasteiger partial charge on any atom is -0.480 e. The van der Waals surface area contributed by atoms with Crippen molar-refractivity contribution in [2.75, 3.05) is 6.54 Å². The van der Waals surface area contributed by atoms with Crippen molar-refractivity contribution in [1.82, 2.24) is 4.90 Å². The molecule has 0 aromatic carbocycles. The van der Waals surface area contributed by atoms with Gasteiger partial charge in [0.2, 0.25) is 0 Å². The summed E-state index contributed by atoms with van der Waals surface area (Å²) in [6.45, 7) is 5.89. The Morgan fingerprint density at radius 1 is 1.25 bits per heavy atom. The molecule has 2 aliphatic carbocycles. The Balaban J connectivity index is 1.83. The second-order valence-corrected chi connectivity index (χ2v) is 7.11. The summed E-state index contributed by atoms with van der Waals surface area (Å²) < 4.78 is 5.36. The fourth-order valence-electron chi connectivity index (χ4n) is 4.04. The first-order chi connectivity index (χ1) is 9.28. The van der Waals surface area contributed by atoms with Crippen LogP contribution in [0.2, 0.25) is 0 Å². The Labute approximate surface area is 118 Å². The van der Waals surface area contributed by atoms with Gasteiger partial charge >= 0.3 is 12.1 Å². The molecule has 20 heavy (non-hydrogen) atoms. The number of carbonyl (C=O) groups is 2. The summed E-state index contributed by atoms with van der Waals surface area (Å²) in [6, 6.07) is -0.741. The van der Waals surface area contributed by atoms with E-state index in [9.17, 15) is 14.7 Å². The number of likely N-dealkylation sites (tertiary alicyclic amines) is 1. The first-order valence-corrected chi connectivity index (χ1v) is 7.18. The van der Waals surface area contributed by atoms with E-state index in [0.29, 0.717) is 18.4 Å². The highest BCUT2D eigenvalue weighted by Gasteiger charge is 2.58. The zero-order valence-corrected chi connectivity index (χ0v) is 12.1. The van der Waals surface area contributed by atoms with Gasteiger partial charge in [0.05, 0.1) is 0 Å². The van der Waals surface area contributed by atoms with Crippen LogP contribution in [0.15, 0.2) is 12.2 Å². The van der Waals surface area contributed by atoms with E-state index in [2.05, 4.69) is 12.2 Å². The summed E-state index contributed by atoms with van der Waals surface area (Å²) in [6.07, 6.45) is 4.85. The van der Waals surface area contributed by atoms with Crippen LogP contribution in [0.5, 0.6) is 0 Å². The highest BCUT2D eigenvalue weighted by Crippen LogP contribution is 2.54. The number of nitrogens with zero attached hydrogens (tertiary/aromatic N) is 1. The molecule has 2 bridgehead atoms.